The van der Waals surface area contributed by atoms with Crippen LogP contribution in [-0.4, -0.2) is 27.6 Å². The molecular formula is C26H23N3O2. The van der Waals surface area contributed by atoms with Gasteiger partial charge in [-0.15, -0.1) is 0 Å². The van der Waals surface area contributed by atoms with E-state index in [1.807, 2.05) is 90.9 Å². The lowest BCUT2D eigenvalue weighted by atomic mass is 9.87. The van der Waals surface area contributed by atoms with Crippen LogP contribution in [0.2, 0.25) is 0 Å². The molecule has 0 aliphatic carbocycles. The van der Waals surface area contributed by atoms with E-state index in [0.29, 0.717) is 13.1 Å². The Hall–Kier alpha value is -3.86. The molecule has 31 heavy (non-hydrogen) atoms. The Labute approximate surface area is 181 Å². The number of aromatic nitrogens is 2. The lowest BCUT2D eigenvalue weighted by Gasteiger charge is -2.30. The zero-order chi connectivity index (χ0) is 21.2. The van der Waals surface area contributed by atoms with Gasteiger partial charge in [0.05, 0.1) is 18.7 Å². The van der Waals surface area contributed by atoms with Crippen molar-refractivity contribution in [1.82, 2.24) is 14.7 Å². The second-order valence-electron chi connectivity index (χ2n) is 7.84. The van der Waals surface area contributed by atoms with Crippen molar-refractivity contribution in [3.8, 4) is 11.5 Å². The monoisotopic (exact) mass is 409 g/mol. The highest BCUT2D eigenvalue weighted by molar-refractivity contribution is 5.89. The first-order valence-electron chi connectivity index (χ1n) is 10.3. The van der Waals surface area contributed by atoms with E-state index in [-0.39, 0.29) is 11.8 Å². The molecule has 3 aromatic carbocycles. The summed E-state index contributed by atoms with van der Waals surface area (Å²) >= 11 is 0. The number of amides is 1. The molecule has 2 heterocycles. The van der Waals surface area contributed by atoms with E-state index >= 15 is 0 Å². The first kappa shape index (κ1) is 19.1. The van der Waals surface area contributed by atoms with Crippen LogP contribution in [0.3, 0.4) is 0 Å². The predicted octanol–water partition coefficient (Wildman–Crippen LogP) is 4.83. The molecule has 0 unspecified atom stereocenters. The van der Waals surface area contributed by atoms with Crippen LogP contribution in [0.1, 0.15) is 28.2 Å². The number of fused-ring (bicyclic) bond motifs is 2. The van der Waals surface area contributed by atoms with Gasteiger partial charge in [-0.25, -0.2) is 0 Å². The maximum absolute atomic E-state index is 13.6. The number of para-hydroxylation sites is 2. The van der Waals surface area contributed by atoms with Gasteiger partial charge in [0, 0.05) is 36.5 Å². The van der Waals surface area contributed by atoms with Crippen molar-refractivity contribution in [2.24, 2.45) is 0 Å². The summed E-state index contributed by atoms with van der Waals surface area (Å²) in [6, 6.07) is 25.7. The van der Waals surface area contributed by atoms with Crippen LogP contribution in [0.4, 0.5) is 0 Å². The minimum Gasteiger partial charge on any atom is -0.457 e. The Morgan fingerprint density at radius 2 is 1.52 bits per heavy atom. The summed E-state index contributed by atoms with van der Waals surface area (Å²) in [5, 5.41) is 4.47. The molecule has 0 atom stereocenters. The summed E-state index contributed by atoms with van der Waals surface area (Å²) in [5.74, 6) is 1.14. The molecule has 154 valence electrons. The van der Waals surface area contributed by atoms with E-state index in [0.717, 1.165) is 28.2 Å². The first-order valence-corrected chi connectivity index (χ1v) is 10.3. The van der Waals surface area contributed by atoms with Crippen LogP contribution >= 0.6 is 0 Å². The Bertz CT molecular complexity index is 1170. The zero-order valence-electron chi connectivity index (χ0n) is 17.3. The van der Waals surface area contributed by atoms with Crippen molar-refractivity contribution < 1.29 is 9.53 Å². The maximum atomic E-state index is 13.6. The average Bonchev–Trinajstić information content (AvgIpc) is 3.24. The van der Waals surface area contributed by atoms with Gasteiger partial charge in [0.2, 0.25) is 5.91 Å². The molecule has 1 amide bonds. The third-order valence-corrected chi connectivity index (χ3v) is 5.60. The van der Waals surface area contributed by atoms with Gasteiger partial charge in [0.25, 0.3) is 0 Å². The van der Waals surface area contributed by atoms with Crippen molar-refractivity contribution in [3.63, 3.8) is 0 Å². The molecule has 0 bridgehead atoms. The quantitative estimate of drug-likeness (QED) is 0.474. The fourth-order valence-electron chi connectivity index (χ4n) is 4.09. The Morgan fingerprint density at radius 3 is 2.19 bits per heavy atom. The number of likely N-dealkylation sites (N-methyl/N-ethyl adjacent to an activating group) is 1. The van der Waals surface area contributed by atoms with Gasteiger partial charge in [0.15, 0.2) is 0 Å². The molecule has 0 fully saturated rings. The summed E-state index contributed by atoms with van der Waals surface area (Å²) in [6.45, 7) is 1.20. The number of rotatable bonds is 5. The smallest absolute Gasteiger partial charge is 0.234 e. The van der Waals surface area contributed by atoms with E-state index in [2.05, 4.69) is 17.2 Å². The molecule has 5 nitrogen and oxygen atoms in total. The summed E-state index contributed by atoms with van der Waals surface area (Å²) in [4.78, 5) is 15.3. The summed E-state index contributed by atoms with van der Waals surface area (Å²) in [6.07, 6.45) is 3.83. The van der Waals surface area contributed by atoms with Gasteiger partial charge < -0.3 is 9.64 Å². The minimum atomic E-state index is -0.384. The highest BCUT2D eigenvalue weighted by Gasteiger charge is 2.34. The van der Waals surface area contributed by atoms with Crippen LogP contribution in [0.25, 0.3) is 0 Å². The fraction of sp³-hybridized carbons (Fsp3) is 0.154. The molecule has 0 spiro atoms. The van der Waals surface area contributed by atoms with Crippen molar-refractivity contribution in [2.75, 3.05) is 7.05 Å². The third kappa shape index (κ3) is 3.82. The first-order chi connectivity index (χ1) is 15.2. The van der Waals surface area contributed by atoms with E-state index in [4.69, 9.17) is 4.74 Å². The van der Waals surface area contributed by atoms with Crippen molar-refractivity contribution in [1.29, 1.82) is 0 Å². The predicted molar refractivity (Wildman–Crippen MR) is 119 cm³/mol. The average molecular weight is 409 g/mol. The maximum Gasteiger partial charge on any atom is 0.234 e. The second-order valence-corrected chi connectivity index (χ2v) is 7.84. The van der Waals surface area contributed by atoms with Gasteiger partial charge in [-0.3, -0.25) is 9.48 Å². The van der Waals surface area contributed by atoms with Crippen molar-refractivity contribution >= 4 is 5.91 Å². The van der Waals surface area contributed by atoms with Crippen LogP contribution in [-0.2, 0) is 17.9 Å². The number of hydrogen-bond acceptors (Lipinski definition) is 3. The molecule has 5 rings (SSSR count). The third-order valence-electron chi connectivity index (χ3n) is 5.60. The van der Waals surface area contributed by atoms with Gasteiger partial charge >= 0.3 is 0 Å². The van der Waals surface area contributed by atoms with Gasteiger partial charge in [-0.2, -0.15) is 5.10 Å². The summed E-state index contributed by atoms with van der Waals surface area (Å²) in [7, 11) is 1.84. The van der Waals surface area contributed by atoms with Crippen molar-refractivity contribution in [2.45, 2.75) is 19.0 Å². The van der Waals surface area contributed by atoms with Crippen LogP contribution in [0.15, 0.2) is 91.3 Å². The minimum absolute atomic E-state index is 0.0407. The topological polar surface area (TPSA) is 47.4 Å². The Morgan fingerprint density at radius 1 is 0.903 bits per heavy atom. The highest BCUT2D eigenvalue weighted by atomic mass is 16.5. The standard InChI is InChI=1S/C26H23N3O2/c1-28(16-20-15-27-29(18-20)17-19-9-3-2-4-10-19)26(30)25-21-11-5-7-13-23(21)31-24-14-8-6-12-22(24)25/h2-15,18,25H,16-17H2,1H3. The molecule has 1 aliphatic heterocycles. The zero-order valence-corrected chi connectivity index (χ0v) is 17.3. The summed E-state index contributed by atoms with van der Waals surface area (Å²) in [5.41, 5.74) is 3.99. The number of ether oxygens (including phenoxy) is 1. The molecule has 4 aromatic rings. The molecule has 0 saturated carbocycles. The number of carbonyl (C=O) groups is 1. The van der Waals surface area contributed by atoms with Crippen LogP contribution in [0.5, 0.6) is 11.5 Å². The largest absolute Gasteiger partial charge is 0.457 e. The van der Waals surface area contributed by atoms with E-state index in [1.165, 1.54) is 5.56 Å². The number of hydrogen-bond donors (Lipinski definition) is 0. The van der Waals surface area contributed by atoms with E-state index in [9.17, 15) is 4.79 Å². The number of carbonyl (C=O) groups excluding carboxylic acids is 1. The lowest BCUT2D eigenvalue weighted by Crippen LogP contribution is -2.33. The Balaban J connectivity index is 1.36. The fourth-order valence-corrected chi connectivity index (χ4v) is 4.09. The molecule has 0 radical (unpaired) electrons. The summed E-state index contributed by atoms with van der Waals surface area (Å²) < 4.78 is 7.94. The van der Waals surface area contributed by atoms with Gasteiger partial charge in [-0.1, -0.05) is 66.7 Å². The van der Waals surface area contributed by atoms with E-state index < -0.39 is 0 Å². The molecule has 1 aliphatic rings. The Kier molecular flexibility index (Phi) is 5.00. The van der Waals surface area contributed by atoms with Crippen molar-refractivity contribution in [3.05, 3.63) is 114 Å². The SMILES string of the molecule is CN(Cc1cnn(Cc2ccccc2)c1)C(=O)C1c2ccccc2Oc2ccccc21. The van der Waals surface area contributed by atoms with E-state index in [1.54, 1.807) is 4.90 Å². The number of nitrogens with zero attached hydrogens (tertiary/aromatic N) is 3. The highest BCUT2D eigenvalue weighted by Crippen LogP contribution is 2.44. The molecule has 1 aromatic heterocycles. The van der Waals surface area contributed by atoms with Crippen LogP contribution in [0, 0.1) is 0 Å². The van der Waals surface area contributed by atoms with Gasteiger partial charge in [-0.05, 0) is 17.7 Å². The molecule has 5 heteroatoms. The van der Waals surface area contributed by atoms with Crippen LogP contribution < -0.4 is 4.74 Å². The molecule has 0 saturated heterocycles. The van der Waals surface area contributed by atoms with Gasteiger partial charge in [0.1, 0.15) is 11.5 Å². The number of benzene rings is 3. The normalized spacial score (nSPS) is 12.5. The lowest BCUT2D eigenvalue weighted by molar-refractivity contribution is -0.131. The molecular weight excluding hydrogens is 386 g/mol. The molecule has 0 N–H and O–H groups in total. The second kappa shape index (κ2) is 8.11.